The van der Waals surface area contributed by atoms with Gasteiger partial charge in [0.15, 0.2) is 0 Å². The Labute approximate surface area is 92.4 Å². The Morgan fingerprint density at radius 3 is 2.50 bits per heavy atom. The molecule has 0 radical (unpaired) electrons. The molecule has 1 aromatic rings. The van der Waals surface area contributed by atoms with Crippen LogP contribution in [0.3, 0.4) is 0 Å². The maximum atomic E-state index is 11.8. The van der Waals surface area contributed by atoms with Gasteiger partial charge in [0.05, 0.1) is 7.11 Å². The van der Waals surface area contributed by atoms with Crippen molar-refractivity contribution in [3.63, 3.8) is 0 Å². The maximum absolute atomic E-state index is 11.8. The lowest BCUT2D eigenvalue weighted by atomic mass is 10.2. The fourth-order valence-corrected chi connectivity index (χ4v) is 1.14. The standard InChI is InChI=1S/C11H13F2NO2/c1-16-9-4-2-8(3-5-9)14-11(15)7-6-10(12)13/h2-5,10H,6-7H2,1H3,(H,14,15). The molecule has 0 saturated heterocycles. The van der Waals surface area contributed by atoms with Crippen LogP contribution in [-0.4, -0.2) is 19.4 Å². The minimum Gasteiger partial charge on any atom is -0.497 e. The van der Waals surface area contributed by atoms with Gasteiger partial charge >= 0.3 is 0 Å². The van der Waals surface area contributed by atoms with Crippen LogP contribution in [0.25, 0.3) is 0 Å². The molecular weight excluding hydrogens is 216 g/mol. The molecule has 16 heavy (non-hydrogen) atoms. The van der Waals surface area contributed by atoms with E-state index in [2.05, 4.69) is 5.32 Å². The first kappa shape index (κ1) is 12.4. The van der Waals surface area contributed by atoms with Crippen molar-refractivity contribution in [1.29, 1.82) is 0 Å². The molecule has 1 amide bonds. The van der Waals surface area contributed by atoms with Crippen molar-refractivity contribution in [2.75, 3.05) is 12.4 Å². The van der Waals surface area contributed by atoms with Gasteiger partial charge in [0.2, 0.25) is 12.3 Å². The highest BCUT2D eigenvalue weighted by atomic mass is 19.3. The summed E-state index contributed by atoms with van der Waals surface area (Å²) in [6.45, 7) is 0. The molecule has 0 unspecified atom stereocenters. The SMILES string of the molecule is COc1ccc(NC(=O)CCC(F)F)cc1. The number of ether oxygens (including phenoxy) is 1. The lowest BCUT2D eigenvalue weighted by Crippen LogP contribution is -2.12. The molecule has 88 valence electrons. The van der Waals surface area contributed by atoms with E-state index in [4.69, 9.17) is 4.74 Å². The van der Waals surface area contributed by atoms with Gasteiger partial charge in [-0.15, -0.1) is 0 Å². The molecule has 0 aliphatic carbocycles. The van der Waals surface area contributed by atoms with Gasteiger partial charge in [-0.1, -0.05) is 0 Å². The summed E-state index contributed by atoms with van der Waals surface area (Å²) in [5.74, 6) is 0.260. The molecule has 0 fully saturated rings. The van der Waals surface area contributed by atoms with Crippen molar-refractivity contribution < 1.29 is 18.3 Å². The first-order valence-corrected chi connectivity index (χ1v) is 4.84. The number of alkyl halides is 2. The minimum absolute atomic E-state index is 0.177. The summed E-state index contributed by atoms with van der Waals surface area (Å²) < 4.78 is 28.6. The van der Waals surface area contributed by atoms with E-state index in [9.17, 15) is 13.6 Å². The van der Waals surface area contributed by atoms with Crippen LogP contribution in [0.5, 0.6) is 5.75 Å². The summed E-state index contributed by atoms with van der Waals surface area (Å²) in [7, 11) is 1.54. The van der Waals surface area contributed by atoms with Crippen LogP contribution in [0.2, 0.25) is 0 Å². The van der Waals surface area contributed by atoms with Gasteiger partial charge in [-0.25, -0.2) is 8.78 Å². The summed E-state index contributed by atoms with van der Waals surface area (Å²) in [5.41, 5.74) is 0.570. The molecule has 0 aliphatic rings. The number of rotatable bonds is 5. The number of nitrogens with one attached hydrogen (secondary N) is 1. The first-order chi connectivity index (χ1) is 7.61. The third kappa shape index (κ3) is 4.25. The Morgan fingerprint density at radius 2 is 2.00 bits per heavy atom. The van der Waals surface area contributed by atoms with Crippen molar-refractivity contribution in [1.82, 2.24) is 0 Å². The van der Waals surface area contributed by atoms with Gasteiger partial charge < -0.3 is 10.1 Å². The van der Waals surface area contributed by atoms with Gasteiger partial charge in [0.25, 0.3) is 0 Å². The number of carbonyl (C=O) groups excluding carboxylic acids is 1. The lowest BCUT2D eigenvalue weighted by molar-refractivity contribution is -0.116. The summed E-state index contributed by atoms with van der Waals surface area (Å²) in [5, 5.41) is 2.52. The third-order valence-corrected chi connectivity index (χ3v) is 1.96. The zero-order chi connectivity index (χ0) is 12.0. The number of halogens is 2. The zero-order valence-electron chi connectivity index (χ0n) is 8.87. The number of anilines is 1. The Balaban J connectivity index is 2.43. The summed E-state index contributed by atoms with van der Waals surface area (Å²) in [4.78, 5) is 11.2. The molecule has 0 bridgehead atoms. The third-order valence-electron chi connectivity index (χ3n) is 1.96. The zero-order valence-corrected chi connectivity index (χ0v) is 8.87. The van der Waals surface area contributed by atoms with Crippen LogP contribution in [0, 0.1) is 0 Å². The Kier molecular flexibility index (Phi) is 4.69. The van der Waals surface area contributed by atoms with Crippen molar-refractivity contribution >= 4 is 11.6 Å². The van der Waals surface area contributed by atoms with Gasteiger partial charge in [-0.3, -0.25) is 4.79 Å². The Hall–Kier alpha value is -1.65. The number of benzene rings is 1. The van der Waals surface area contributed by atoms with Gasteiger partial charge in [0.1, 0.15) is 5.75 Å². The van der Waals surface area contributed by atoms with Crippen molar-refractivity contribution in [2.45, 2.75) is 19.3 Å². The summed E-state index contributed by atoms with van der Waals surface area (Å²) >= 11 is 0. The molecule has 0 saturated carbocycles. The molecule has 3 nitrogen and oxygen atoms in total. The highest BCUT2D eigenvalue weighted by Gasteiger charge is 2.07. The second-order valence-corrected chi connectivity index (χ2v) is 3.21. The number of methoxy groups -OCH3 is 1. The van der Waals surface area contributed by atoms with Gasteiger partial charge in [0, 0.05) is 18.5 Å². The lowest BCUT2D eigenvalue weighted by Gasteiger charge is -2.05. The predicted octanol–water partition coefficient (Wildman–Crippen LogP) is 2.68. The number of amides is 1. The largest absolute Gasteiger partial charge is 0.497 e. The average Bonchev–Trinajstić information content (AvgIpc) is 2.27. The van der Waals surface area contributed by atoms with Crippen LogP contribution in [0.4, 0.5) is 14.5 Å². The van der Waals surface area contributed by atoms with Crippen LogP contribution < -0.4 is 10.1 Å². The quantitative estimate of drug-likeness (QED) is 0.843. The van der Waals surface area contributed by atoms with E-state index in [0.29, 0.717) is 11.4 Å². The van der Waals surface area contributed by atoms with Crippen LogP contribution in [0.1, 0.15) is 12.8 Å². The van der Waals surface area contributed by atoms with Crippen molar-refractivity contribution in [2.24, 2.45) is 0 Å². The summed E-state index contributed by atoms with van der Waals surface area (Å²) in [6, 6.07) is 6.67. The fourth-order valence-electron chi connectivity index (χ4n) is 1.14. The molecule has 0 aliphatic heterocycles. The van der Waals surface area contributed by atoms with E-state index in [1.807, 2.05) is 0 Å². The van der Waals surface area contributed by atoms with E-state index in [1.165, 1.54) is 7.11 Å². The second kappa shape index (κ2) is 6.05. The molecule has 5 heteroatoms. The Bertz CT molecular complexity index is 338. The predicted molar refractivity (Wildman–Crippen MR) is 56.9 cm³/mol. The number of hydrogen-bond acceptors (Lipinski definition) is 2. The molecular formula is C11H13F2NO2. The monoisotopic (exact) mass is 229 g/mol. The van der Waals surface area contributed by atoms with E-state index in [1.54, 1.807) is 24.3 Å². The second-order valence-electron chi connectivity index (χ2n) is 3.21. The molecule has 1 rings (SSSR count). The molecule has 0 atom stereocenters. The molecule has 1 N–H and O–H groups in total. The normalized spacial score (nSPS) is 10.2. The van der Waals surface area contributed by atoms with E-state index in [-0.39, 0.29) is 6.42 Å². The highest BCUT2D eigenvalue weighted by Crippen LogP contribution is 2.15. The van der Waals surface area contributed by atoms with E-state index in [0.717, 1.165) is 0 Å². The fraction of sp³-hybridized carbons (Fsp3) is 0.364. The molecule has 0 spiro atoms. The maximum Gasteiger partial charge on any atom is 0.239 e. The average molecular weight is 229 g/mol. The topological polar surface area (TPSA) is 38.3 Å². The molecule has 1 aromatic carbocycles. The van der Waals surface area contributed by atoms with Crippen molar-refractivity contribution in [3.8, 4) is 5.75 Å². The van der Waals surface area contributed by atoms with Crippen LogP contribution >= 0.6 is 0 Å². The number of carbonyl (C=O) groups is 1. The van der Waals surface area contributed by atoms with Crippen molar-refractivity contribution in [3.05, 3.63) is 24.3 Å². The Morgan fingerprint density at radius 1 is 1.38 bits per heavy atom. The first-order valence-electron chi connectivity index (χ1n) is 4.84. The smallest absolute Gasteiger partial charge is 0.239 e. The van der Waals surface area contributed by atoms with E-state index < -0.39 is 18.8 Å². The summed E-state index contributed by atoms with van der Waals surface area (Å²) in [6.07, 6.45) is -3.03. The van der Waals surface area contributed by atoms with Gasteiger partial charge in [-0.05, 0) is 24.3 Å². The van der Waals surface area contributed by atoms with Crippen LogP contribution in [-0.2, 0) is 4.79 Å². The van der Waals surface area contributed by atoms with Gasteiger partial charge in [-0.2, -0.15) is 0 Å². The van der Waals surface area contributed by atoms with E-state index >= 15 is 0 Å². The molecule has 0 aromatic heterocycles. The number of hydrogen-bond donors (Lipinski definition) is 1. The highest BCUT2D eigenvalue weighted by molar-refractivity contribution is 5.90. The van der Waals surface area contributed by atoms with Crippen LogP contribution in [0.15, 0.2) is 24.3 Å². The minimum atomic E-state index is -2.44. The molecule has 0 heterocycles.